The zero-order valence-corrected chi connectivity index (χ0v) is 19.4. The molecular weight excluding hydrogens is 434 g/mol. The van der Waals surface area contributed by atoms with Crippen molar-refractivity contribution in [3.8, 4) is 11.5 Å². The van der Waals surface area contributed by atoms with Crippen LogP contribution in [0.1, 0.15) is 30.7 Å². The molecule has 3 aromatic rings. The fourth-order valence-electron chi connectivity index (χ4n) is 3.41. The topological polar surface area (TPSA) is 93.3 Å². The van der Waals surface area contributed by atoms with Crippen molar-refractivity contribution in [3.05, 3.63) is 39.0 Å². The highest BCUT2D eigenvalue weighted by molar-refractivity contribution is 7.99. The van der Waals surface area contributed by atoms with Gasteiger partial charge < -0.3 is 19.8 Å². The van der Waals surface area contributed by atoms with Crippen LogP contribution in [0.5, 0.6) is 11.5 Å². The summed E-state index contributed by atoms with van der Waals surface area (Å²) in [5.41, 5.74) is 1.59. The molecule has 0 spiro atoms. The van der Waals surface area contributed by atoms with Gasteiger partial charge in [0.15, 0.2) is 16.7 Å². The number of carbonyl (C=O) groups excluding carboxylic acids is 1. The zero-order chi connectivity index (χ0) is 22.0. The highest BCUT2D eigenvalue weighted by Gasteiger charge is 2.18. The van der Waals surface area contributed by atoms with E-state index < -0.39 is 0 Å². The minimum Gasteiger partial charge on any atom is -0.486 e. The molecule has 2 aromatic heterocycles. The Balaban J connectivity index is 1.44. The van der Waals surface area contributed by atoms with Gasteiger partial charge in [-0.05, 0) is 37.0 Å². The lowest BCUT2D eigenvalue weighted by Gasteiger charge is -2.18. The van der Waals surface area contributed by atoms with Gasteiger partial charge in [-0.3, -0.25) is 9.59 Å². The molecule has 0 radical (unpaired) electrons. The molecule has 0 saturated carbocycles. The van der Waals surface area contributed by atoms with Crippen LogP contribution in [0.25, 0.3) is 10.2 Å². The van der Waals surface area contributed by atoms with Crippen molar-refractivity contribution in [2.24, 2.45) is 5.92 Å². The second-order valence-electron chi connectivity index (χ2n) is 7.60. The first-order valence-corrected chi connectivity index (χ1v) is 12.1. The molecule has 0 unspecified atom stereocenters. The maximum atomic E-state index is 12.7. The monoisotopic (exact) mass is 459 g/mol. The Kier molecular flexibility index (Phi) is 6.52. The third-order valence-corrected chi connectivity index (χ3v) is 7.17. The number of nitrogens with one attached hydrogen (secondary N) is 2. The predicted molar refractivity (Wildman–Crippen MR) is 125 cm³/mol. The molecule has 1 amide bonds. The van der Waals surface area contributed by atoms with Gasteiger partial charge in [0.2, 0.25) is 5.91 Å². The molecule has 1 aliphatic rings. The van der Waals surface area contributed by atoms with E-state index in [9.17, 15) is 9.59 Å². The fourth-order valence-corrected chi connectivity index (χ4v) is 5.19. The van der Waals surface area contributed by atoms with E-state index in [1.807, 2.05) is 6.92 Å². The maximum Gasteiger partial charge on any atom is 0.260 e. The van der Waals surface area contributed by atoms with E-state index in [2.05, 4.69) is 29.1 Å². The van der Waals surface area contributed by atoms with Gasteiger partial charge >= 0.3 is 0 Å². The number of thiophene rings is 1. The van der Waals surface area contributed by atoms with Gasteiger partial charge in [-0.15, -0.1) is 11.3 Å². The van der Waals surface area contributed by atoms with E-state index in [4.69, 9.17) is 9.47 Å². The van der Waals surface area contributed by atoms with Crippen LogP contribution in [0.3, 0.4) is 0 Å². The van der Waals surface area contributed by atoms with Crippen LogP contribution in [-0.4, -0.2) is 34.8 Å². The molecule has 0 saturated heterocycles. The minimum absolute atomic E-state index is 0.132. The highest BCUT2D eigenvalue weighted by Crippen LogP contribution is 2.33. The minimum atomic E-state index is -0.191. The third kappa shape index (κ3) is 4.88. The number of carbonyl (C=O) groups is 1. The average molecular weight is 460 g/mol. The number of aryl methyl sites for hydroxylation is 1. The van der Waals surface area contributed by atoms with Crippen LogP contribution in [0.15, 0.2) is 28.2 Å². The quantitative estimate of drug-likeness (QED) is 0.402. The molecule has 31 heavy (non-hydrogen) atoms. The summed E-state index contributed by atoms with van der Waals surface area (Å²) in [6, 6.07) is 5.30. The second-order valence-corrected chi connectivity index (χ2v) is 9.77. The smallest absolute Gasteiger partial charge is 0.260 e. The van der Waals surface area contributed by atoms with Gasteiger partial charge in [-0.25, -0.2) is 4.98 Å². The van der Waals surface area contributed by atoms with Crippen molar-refractivity contribution in [2.75, 3.05) is 24.3 Å². The average Bonchev–Trinajstić information content (AvgIpc) is 3.07. The first-order chi connectivity index (χ1) is 14.9. The summed E-state index contributed by atoms with van der Waals surface area (Å²) >= 11 is 2.75. The summed E-state index contributed by atoms with van der Waals surface area (Å²) in [7, 11) is 0. The van der Waals surface area contributed by atoms with Crippen LogP contribution in [-0.2, 0) is 11.2 Å². The molecule has 3 heterocycles. The number of ether oxygens (including phenoxy) is 2. The summed E-state index contributed by atoms with van der Waals surface area (Å²) in [5.74, 6) is 1.74. The number of benzene rings is 1. The Morgan fingerprint density at radius 1 is 1.32 bits per heavy atom. The van der Waals surface area contributed by atoms with Crippen LogP contribution >= 0.6 is 23.1 Å². The number of amides is 1. The summed E-state index contributed by atoms with van der Waals surface area (Å²) in [6.07, 6.45) is 1.94. The van der Waals surface area contributed by atoms with Gasteiger partial charge in [0.05, 0.1) is 11.1 Å². The molecule has 0 bridgehead atoms. The molecule has 4 rings (SSSR count). The fraction of sp³-hybridized carbons (Fsp3) is 0.409. The summed E-state index contributed by atoms with van der Waals surface area (Å²) in [5, 5.41) is 3.98. The lowest BCUT2D eigenvalue weighted by molar-refractivity contribution is -0.113. The predicted octanol–water partition coefficient (Wildman–Crippen LogP) is 4.38. The van der Waals surface area contributed by atoms with Gasteiger partial charge in [0.1, 0.15) is 18.0 Å². The van der Waals surface area contributed by atoms with Crippen molar-refractivity contribution >= 4 is 44.9 Å². The van der Waals surface area contributed by atoms with Crippen LogP contribution in [0, 0.1) is 12.8 Å². The molecule has 1 atom stereocenters. The Labute approximate surface area is 188 Å². The standard InChI is InChI=1S/C22H25N3O4S2/c1-4-12(2)9-15-13(3)31-21-19(15)20(27)24-22(25-21)30-11-18(26)23-14-5-6-16-17(10-14)29-8-7-28-16/h5-6,10,12H,4,7-9,11H2,1-3H3,(H,23,26)(H,24,25,27)/t12-/m1/s1. The Morgan fingerprint density at radius 2 is 2.10 bits per heavy atom. The van der Waals surface area contributed by atoms with Crippen LogP contribution in [0.4, 0.5) is 5.69 Å². The number of thioether (sulfide) groups is 1. The largest absolute Gasteiger partial charge is 0.486 e. The molecule has 9 heteroatoms. The molecule has 164 valence electrons. The lowest BCUT2D eigenvalue weighted by atomic mass is 9.98. The van der Waals surface area contributed by atoms with Crippen molar-refractivity contribution in [1.82, 2.24) is 9.97 Å². The summed E-state index contributed by atoms with van der Waals surface area (Å²) < 4.78 is 11.0. The van der Waals surface area contributed by atoms with Gasteiger partial charge in [-0.2, -0.15) is 0 Å². The number of hydrogen-bond acceptors (Lipinski definition) is 7. The van der Waals surface area contributed by atoms with E-state index in [1.54, 1.807) is 18.2 Å². The third-order valence-electron chi connectivity index (χ3n) is 5.26. The van der Waals surface area contributed by atoms with Crippen LogP contribution < -0.4 is 20.3 Å². The van der Waals surface area contributed by atoms with E-state index in [1.165, 1.54) is 23.1 Å². The number of aromatic nitrogens is 2. The zero-order valence-electron chi connectivity index (χ0n) is 17.7. The van der Waals surface area contributed by atoms with Gasteiger partial charge in [-0.1, -0.05) is 32.0 Å². The maximum absolute atomic E-state index is 12.7. The number of fused-ring (bicyclic) bond motifs is 2. The van der Waals surface area contributed by atoms with E-state index in [0.29, 0.717) is 46.9 Å². The Morgan fingerprint density at radius 3 is 2.87 bits per heavy atom. The number of H-pyrrole nitrogens is 1. The van der Waals surface area contributed by atoms with E-state index >= 15 is 0 Å². The molecular formula is C22H25N3O4S2. The first-order valence-electron chi connectivity index (χ1n) is 10.3. The molecule has 2 N–H and O–H groups in total. The number of hydrogen-bond donors (Lipinski definition) is 2. The van der Waals surface area contributed by atoms with Crippen molar-refractivity contribution in [1.29, 1.82) is 0 Å². The molecule has 1 aromatic carbocycles. The molecule has 0 aliphatic carbocycles. The van der Waals surface area contributed by atoms with Crippen molar-refractivity contribution in [3.63, 3.8) is 0 Å². The molecule has 0 fully saturated rings. The highest BCUT2D eigenvalue weighted by atomic mass is 32.2. The molecule has 7 nitrogen and oxygen atoms in total. The van der Waals surface area contributed by atoms with Gasteiger partial charge in [0.25, 0.3) is 5.56 Å². The summed E-state index contributed by atoms with van der Waals surface area (Å²) in [6.45, 7) is 7.39. The second kappa shape index (κ2) is 9.32. The lowest BCUT2D eigenvalue weighted by Crippen LogP contribution is -2.17. The van der Waals surface area contributed by atoms with Crippen LogP contribution in [0.2, 0.25) is 0 Å². The Hall–Kier alpha value is -2.52. The number of aromatic amines is 1. The normalized spacial score (nSPS) is 13.9. The van der Waals surface area contributed by atoms with Crippen molar-refractivity contribution in [2.45, 2.75) is 38.8 Å². The number of anilines is 1. The van der Waals surface area contributed by atoms with Gasteiger partial charge in [0, 0.05) is 16.6 Å². The number of nitrogens with zero attached hydrogens (tertiary/aromatic N) is 1. The first kappa shape index (κ1) is 21.7. The summed E-state index contributed by atoms with van der Waals surface area (Å²) in [4.78, 5) is 34.4. The Bertz CT molecular complexity index is 1170. The number of rotatable bonds is 7. The van der Waals surface area contributed by atoms with E-state index in [0.717, 1.165) is 28.1 Å². The van der Waals surface area contributed by atoms with Crippen molar-refractivity contribution < 1.29 is 14.3 Å². The molecule has 1 aliphatic heterocycles. The SMILES string of the molecule is CC[C@@H](C)Cc1c(C)sc2nc(SCC(=O)Nc3ccc4c(c3)OCCO4)[nH]c(=O)c12. The van der Waals surface area contributed by atoms with E-state index in [-0.39, 0.29) is 17.2 Å².